The second-order valence-electron chi connectivity index (χ2n) is 4.90. The number of pyridine rings is 1. The molecule has 3 rings (SSSR count). The maximum absolute atomic E-state index is 4.47. The Hall–Kier alpha value is -0.980. The Morgan fingerprint density at radius 1 is 1.20 bits per heavy atom. The molecule has 3 heterocycles. The van der Waals surface area contributed by atoms with E-state index in [1.54, 1.807) is 11.3 Å². The van der Waals surface area contributed by atoms with Crippen molar-refractivity contribution in [2.24, 2.45) is 0 Å². The topological polar surface area (TPSA) is 32.3 Å². The van der Waals surface area contributed by atoms with Crippen LogP contribution >= 0.6 is 27.3 Å². The SMILES string of the molecule is CC(c1nccs1)N1CCN(c2ccc(Br)cn2)CC1. The summed E-state index contributed by atoms with van der Waals surface area (Å²) in [5.41, 5.74) is 0. The Morgan fingerprint density at radius 2 is 2.00 bits per heavy atom. The standard InChI is InChI=1S/C14H17BrN4S/c1-11(14-16-4-9-20-14)18-5-7-19(8-6-18)13-3-2-12(15)10-17-13/h2-4,9-11H,5-8H2,1H3. The van der Waals surface area contributed by atoms with Crippen molar-refractivity contribution in [3.05, 3.63) is 39.4 Å². The van der Waals surface area contributed by atoms with Gasteiger partial charge in [-0.1, -0.05) is 0 Å². The summed E-state index contributed by atoms with van der Waals surface area (Å²) in [7, 11) is 0. The molecule has 0 radical (unpaired) electrons. The molecule has 2 aromatic rings. The van der Waals surface area contributed by atoms with Crippen LogP contribution in [0.4, 0.5) is 5.82 Å². The molecule has 0 aromatic carbocycles. The maximum atomic E-state index is 4.47. The van der Waals surface area contributed by atoms with Crippen LogP contribution in [0.25, 0.3) is 0 Å². The predicted molar refractivity (Wildman–Crippen MR) is 86.3 cm³/mol. The van der Waals surface area contributed by atoms with Gasteiger partial charge in [0.2, 0.25) is 0 Å². The molecule has 106 valence electrons. The number of anilines is 1. The highest BCUT2D eigenvalue weighted by Crippen LogP contribution is 2.24. The molecule has 0 spiro atoms. The van der Waals surface area contributed by atoms with Crippen molar-refractivity contribution in [1.29, 1.82) is 0 Å². The maximum Gasteiger partial charge on any atom is 0.128 e. The van der Waals surface area contributed by atoms with Crippen LogP contribution in [-0.4, -0.2) is 41.0 Å². The third-order valence-electron chi connectivity index (χ3n) is 3.71. The summed E-state index contributed by atoms with van der Waals surface area (Å²) < 4.78 is 1.03. The molecular weight excluding hydrogens is 336 g/mol. The minimum atomic E-state index is 0.412. The fourth-order valence-electron chi connectivity index (χ4n) is 2.49. The minimum absolute atomic E-state index is 0.412. The van der Waals surface area contributed by atoms with Crippen molar-refractivity contribution >= 4 is 33.1 Å². The van der Waals surface area contributed by atoms with Crippen molar-refractivity contribution in [3.63, 3.8) is 0 Å². The summed E-state index contributed by atoms with van der Waals surface area (Å²) in [5, 5.41) is 3.26. The Labute approximate surface area is 131 Å². The highest BCUT2D eigenvalue weighted by molar-refractivity contribution is 9.10. The minimum Gasteiger partial charge on any atom is -0.354 e. The Bertz CT molecular complexity index is 535. The molecule has 1 fully saturated rings. The van der Waals surface area contributed by atoms with Crippen LogP contribution in [0.15, 0.2) is 34.4 Å². The molecular formula is C14H17BrN4S. The van der Waals surface area contributed by atoms with E-state index in [1.165, 1.54) is 5.01 Å². The summed E-state index contributed by atoms with van der Waals surface area (Å²) in [5.74, 6) is 1.06. The first kappa shape index (κ1) is 14.0. The van der Waals surface area contributed by atoms with Crippen molar-refractivity contribution in [2.75, 3.05) is 31.1 Å². The lowest BCUT2D eigenvalue weighted by molar-refractivity contribution is 0.198. The molecule has 6 heteroatoms. The summed E-state index contributed by atoms with van der Waals surface area (Å²) in [6.45, 7) is 6.39. The summed E-state index contributed by atoms with van der Waals surface area (Å²) in [6, 6.07) is 4.53. The Morgan fingerprint density at radius 3 is 2.60 bits per heavy atom. The molecule has 1 unspecified atom stereocenters. The number of piperazine rings is 1. The van der Waals surface area contributed by atoms with Gasteiger partial charge in [-0.05, 0) is 35.0 Å². The number of rotatable bonds is 3. The second kappa shape index (κ2) is 6.20. The normalized spacial score (nSPS) is 18.2. The lowest BCUT2D eigenvalue weighted by Gasteiger charge is -2.37. The summed E-state index contributed by atoms with van der Waals surface area (Å²) in [4.78, 5) is 13.7. The molecule has 0 saturated carbocycles. The molecule has 1 aliphatic rings. The summed E-state index contributed by atoms with van der Waals surface area (Å²) >= 11 is 5.16. The van der Waals surface area contributed by atoms with Gasteiger partial charge < -0.3 is 4.90 Å². The molecule has 1 aliphatic heterocycles. The molecule has 1 atom stereocenters. The first-order valence-corrected chi connectivity index (χ1v) is 8.41. The smallest absolute Gasteiger partial charge is 0.128 e. The van der Waals surface area contributed by atoms with E-state index >= 15 is 0 Å². The molecule has 4 nitrogen and oxygen atoms in total. The Balaban J connectivity index is 1.60. The second-order valence-corrected chi connectivity index (χ2v) is 6.75. The number of nitrogens with zero attached hydrogens (tertiary/aromatic N) is 4. The number of hydrogen-bond acceptors (Lipinski definition) is 5. The van der Waals surface area contributed by atoms with Crippen LogP contribution < -0.4 is 4.90 Å². The van der Waals surface area contributed by atoms with Crippen molar-refractivity contribution in [2.45, 2.75) is 13.0 Å². The van der Waals surface area contributed by atoms with Crippen LogP contribution in [-0.2, 0) is 0 Å². The van der Waals surface area contributed by atoms with E-state index in [4.69, 9.17) is 0 Å². The van der Waals surface area contributed by atoms with E-state index in [1.807, 2.05) is 23.8 Å². The van der Waals surface area contributed by atoms with Crippen molar-refractivity contribution in [1.82, 2.24) is 14.9 Å². The van der Waals surface area contributed by atoms with Gasteiger partial charge in [0, 0.05) is 48.4 Å². The average Bonchev–Trinajstić information content (AvgIpc) is 3.02. The van der Waals surface area contributed by atoms with E-state index in [0.717, 1.165) is 36.5 Å². The largest absolute Gasteiger partial charge is 0.354 e. The van der Waals surface area contributed by atoms with Crippen LogP contribution in [0.3, 0.4) is 0 Å². The van der Waals surface area contributed by atoms with Gasteiger partial charge >= 0.3 is 0 Å². The van der Waals surface area contributed by atoms with Gasteiger partial charge in [0.05, 0.1) is 6.04 Å². The molecule has 0 aliphatic carbocycles. The van der Waals surface area contributed by atoms with E-state index < -0.39 is 0 Å². The highest BCUT2D eigenvalue weighted by Gasteiger charge is 2.23. The van der Waals surface area contributed by atoms with E-state index in [2.05, 4.69) is 48.7 Å². The van der Waals surface area contributed by atoms with E-state index in [-0.39, 0.29) is 0 Å². The van der Waals surface area contributed by atoms with Gasteiger partial charge in [0.15, 0.2) is 0 Å². The van der Waals surface area contributed by atoms with Gasteiger partial charge in [-0.2, -0.15) is 0 Å². The zero-order chi connectivity index (χ0) is 13.9. The average molecular weight is 353 g/mol. The van der Waals surface area contributed by atoms with Gasteiger partial charge in [-0.25, -0.2) is 9.97 Å². The van der Waals surface area contributed by atoms with Gasteiger partial charge in [-0.15, -0.1) is 11.3 Å². The lowest BCUT2D eigenvalue weighted by atomic mass is 10.2. The lowest BCUT2D eigenvalue weighted by Crippen LogP contribution is -2.47. The van der Waals surface area contributed by atoms with Crippen molar-refractivity contribution in [3.8, 4) is 0 Å². The van der Waals surface area contributed by atoms with Crippen LogP contribution in [0.1, 0.15) is 18.0 Å². The molecule has 0 amide bonds. The predicted octanol–water partition coefficient (Wildman–Crippen LogP) is 3.18. The molecule has 20 heavy (non-hydrogen) atoms. The number of halogens is 1. The third-order valence-corrected chi connectivity index (χ3v) is 5.12. The first-order chi connectivity index (χ1) is 9.74. The van der Waals surface area contributed by atoms with Gasteiger partial charge in [0.1, 0.15) is 10.8 Å². The van der Waals surface area contributed by atoms with Crippen LogP contribution in [0.2, 0.25) is 0 Å². The van der Waals surface area contributed by atoms with E-state index in [9.17, 15) is 0 Å². The number of thiazole rings is 1. The van der Waals surface area contributed by atoms with Crippen LogP contribution in [0, 0.1) is 0 Å². The Kier molecular flexibility index (Phi) is 4.33. The number of aromatic nitrogens is 2. The quantitative estimate of drug-likeness (QED) is 0.848. The zero-order valence-electron chi connectivity index (χ0n) is 11.4. The van der Waals surface area contributed by atoms with Gasteiger partial charge in [-0.3, -0.25) is 4.90 Å². The first-order valence-electron chi connectivity index (χ1n) is 6.74. The fraction of sp³-hybridized carbons (Fsp3) is 0.429. The summed E-state index contributed by atoms with van der Waals surface area (Å²) in [6.07, 6.45) is 3.75. The highest BCUT2D eigenvalue weighted by atomic mass is 79.9. The molecule has 0 bridgehead atoms. The molecule has 1 saturated heterocycles. The van der Waals surface area contributed by atoms with E-state index in [0.29, 0.717) is 6.04 Å². The molecule has 0 N–H and O–H groups in total. The van der Waals surface area contributed by atoms with Crippen molar-refractivity contribution < 1.29 is 0 Å². The third kappa shape index (κ3) is 3.02. The monoisotopic (exact) mass is 352 g/mol. The fourth-order valence-corrected chi connectivity index (χ4v) is 3.45. The number of hydrogen-bond donors (Lipinski definition) is 0. The molecule has 2 aromatic heterocycles. The van der Waals surface area contributed by atoms with Crippen LogP contribution in [0.5, 0.6) is 0 Å². The zero-order valence-corrected chi connectivity index (χ0v) is 13.8. The van der Waals surface area contributed by atoms with Gasteiger partial charge in [0.25, 0.3) is 0 Å².